The fourth-order valence-corrected chi connectivity index (χ4v) is 1.37. The van der Waals surface area contributed by atoms with Gasteiger partial charge in [-0.25, -0.2) is 0 Å². The summed E-state index contributed by atoms with van der Waals surface area (Å²) in [6, 6.07) is 2.26. The minimum atomic E-state index is 0.366. The van der Waals surface area contributed by atoms with Crippen LogP contribution in [0.5, 0.6) is 0 Å². The average Bonchev–Trinajstić information content (AvgIpc) is 1.87. The van der Waals surface area contributed by atoms with Crippen molar-refractivity contribution in [3.63, 3.8) is 0 Å². The highest BCUT2D eigenvalue weighted by Gasteiger charge is 2.35. The molecule has 1 rings (SSSR count). The van der Waals surface area contributed by atoms with E-state index in [4.69, 9.17) is 5.26 Å². The summed E-state index contributed by atoms with van der Waals surface area (Å²) in [6.07, 6.45) is 2.20. The van der Waals surface area contributed by atoms with Crippen LogP contribution in [0, 0.1) is 22.7 Å². The van der Waals surface area contributed by atoms with E-state index in [-0.39, 0.29) is 0 Å². The Morgan fingerprint density at radius 1 is 1.30 bits per heavy atom. The lowest BCUT2D eigenvalue weighted by atomic mass is 9.65. The maximum Gasteiger partial charge on any atom is 0.0656 e. The lowest BCUT2D eigenvalue weighted by Gasteiger charge is -2.38. The maximum atomic E-state index is 8.37. The van der Waals surface area contributed by atoms with Crippen molar-refractivity contribution in [2.75, 3.05) is 0 Å². The quantitative estimate of drug-likeness (QED) is 0.506. The van der Waals surface area contributed by atoms with Gasteiger partial charge in [0, 0.05) is 5.92 Å². The minimum absolute atomic E-state index is 0.366. The first kappa shape index (κ1) is 9.49. The molecule has 1 heteroatoms. The topological polar surface area (TPSA) is 23.8 Å². The molecule has 0 atom stereocenters. The number of rotatable bonds is 0. The van der Waals surface area contributed by atoms with Crippen LogP contribution in [0.4, 0.5) is 0 Å². The molecule has 0 unspecified atom stereocenters. The van der Waals surface area contributed by atoms with E-state index in [0.29, 0.717) is 11.3 Å². The van der Waals surface area contributed by atoms with Gasteiger partial charge in [0.15, 0.2) is 0 Å². The molecule has 0 bridgehead atoms. The highest BCUT2D eigenvalue weighted by molar-refractivity contribution is 4.98. The molecule has 0 spiro atoms. The summed E-state index contributed by atoms with van der Waals surface area (Å²) in [4.78, 5) is 0. The zero-order chi connectivity index (χ0) is 8.20. The van der Waals surface area contributed by atoms with Crippen LogP contribution >= 0.6 is 0 Å². The fourth-order valence-electron chi connectivity index (χ4n) is 1.37. The summed E-state index contributed by atoms with van der Waals surface area (Å²) in [6.45, 7) is 8.42. The van der Waals surface area contributed by atoms with Gasteiger partial charge in [0.25, 0.3) is 0 Å². The molecular weight excluding hydrogens is 122 g/mol. The number of hydrogen-bond acceptors (Lipinski definition) is 1. The summed E-state index contributed by atoms with van der Waals surface area (Å²) in [7, 11) is 0. The van der Waals surface area contributed by atoms with E-state index < -0.39 is 0 Å². The van der Waals surface area contributed by atoms with Gasteiger partial charge in [-0.15, -0.1) is 0 Å². The predicted molar refractivity (Wildman–Crippen MR) is 43.5 cm³/mol. The summed E-state index contributed by atoms with van der Waals surface area (Å²) in [5, 5.41) is 8.37. The van der Waals surface area contributed by atoms with E-state index in [0.717, 1.165) is 12.8 Å². The normalized spacial score (nSPS) is 21.5. The van der Waals surface area contributed by atoms with Crippen molar-refractivity contribution in [2.24, 2.45) is 11.3 Å². The van der Waals surface area contributed by atoms with Crippen LogP contribution < -0.4 is 0 Å². The molecule has 0 aliphatic heterocycles. The molecule has 1 fully saturated rings. The molecule has 0 amide bonds. The molecule has 58 valence electrons. The Morgan fingerprint density at radius 2 is 1.70 bits per heavy atom. The first-order chi connectivity index (χ1) is 4.64. The molecule has 1 aliphatic carbocycles. The summed E-state index contributed by atoms with van der Waals surface area (Å²) < 4.78 is 0. The first-order valence-electron chi connectivity index (χ1n) is 4.04. The van der Waals surface area contributed by atoms with Crippen LogP contribution in [-0.2, 0) is 0 Å². The van der Waals surface area contributed by atoms with Crippen molar-refractivity contribution in [1.82, 2.24) is 0 Å². The van der Waals surface area contributed by atoms with Crippen LogP contribution in [0.2, 0.25) is 0 Å². The van der Waals surface area contributed by atoms with Crippen LogP contribution in [0.1, 0.15) is 40.5 Å². The lowest BCUT2D eigenvalue weighted by Crippen LogP contribution is -2.30. The van der Waals surface area contributed by atoms with Gasteiger partial charge < -0.3 is 0 Å². The van der Waals surface area contributed by atoms with Crippen molar-refractivity contribution >= 4 is 0 Å². The number of hydrogen-bond donors (Lipinski definition) is 0. The SMILES string of the molecule is CC.CC1(C)CC(C#N)C1. The molecule has 0 aromatic carbocycles. The third-order valence-corrected chi connectivity index (χ3v) is 1.78. The minimum Gasteiger partial charge on any atom is -0.198 e. The van der Waals surface area contributed by atoms with Gasteiger partial charge >= 0.3 is 0 Å². The fraction of sp³-hybridized carbons (Fsp3) is 0.889. The van der Waals surface area contributed by atoms with E-state index in [1.165, 1.54) is 0 Å². The van der Waals surface area contributed by atoms with Gasteiger partial charge in [0.05, 0.1) is 6.07 Å². The monoisotopic (exact) mass is 139 g/mol. The van der Waals surface area contributed by atoms with E-state index >= 15 is 0 Å². The molecule has 10 heavy (non-hydrogen) atoms. The van der Waals surface area contributed by atoms with E-state index in [1.54, 1.807) is 0 Å². The third kappa shape index (κ3) is 2.39. The second kappa shape index (κ2) is 3.61. The van der Waals surface area contributed by atoms with Gasteiger partial charge in [-0.3, -0.25) is 0 Å². The van der Waals surface area contributed by atoms with E-state index in [1.807, 2.05) is 13.8 Å². The molecule has 1 saturated carbocycles. The smallest absolute Gasteiger partial charge is 0.0656 e. The second-order valence-electron chi connectivity index (χ2n) is 3.40. The predicted octanol–water partition coefficient (Wildman–Crippen LogP) is 2.97. The number of nitriles is 1. The average molecular weight is 139 g/mol. The van der Waals surface area contributed by atoms with Gasteiger partial charge in [0.2, 0.25) is 0 Å². The summed E-state index contributed by atoms with van der Waals surface area (Å²) >= 11 is 0. The second-order valence-corrected chi connectivity index (χ2v) is 3.40. The lowest BCUT2D eigenvalue weighted by molar-refractivity contribution is 0.136. The van der Waals surface area contributed by atoms with Gasteiger partial charge in [-0.2, -0.15) is 5.26 Å². The van der Waals surface area contributed by atoms with Crippen molar-refractivity contribution in [3.05, 3.63) is 0 Å². The van der Waals surface area contributed by atoms with Gasteiger partial charge in [-0.05, 0) is 18.3 Å². The Labute approximate surface area is 64.1 Å². The molecule has 0 N–H and O–H groups in total. The van der Waals surface area contributed by atoms with Gasteiger partial charge in [-0.1, -0.05) is 27.7 Å². The summed E-state index contributed by atoms with van der Waals surface area (Å²) in [5.74, 6) is 0.366. The van der Waals surface area contributed by atoms with Crippen LogP contribution in [0.25, 0.3) is 0 Å². The molecule has 1 aliphatic rings. The maximum absolute atomic E-state index is 8.37. The highest BCUT2D eigenvalue weighted by Crippen LogP contribution is 2.43. The Kier molecular flexibility index (Phi) is 3.42. The van der Waals surface area contributed by atoms with Crippen molar-refractivity contribution in [1.29, 1.82) is 5.26 Å². The van der Waals surface area contributed by atoms with E-state index in [9.17, 15) is 0 Å². The highest BCUT2D eigenvalue weighted by atomic mass is 14.4. The molecule has 0 heterocycles. The molecule has 0 aromatic heterocycles. The van der Waals surface area contributed by atoms with Gasteiger partial charge in [0.1, 0.15) is 0 Å². The van der Waals surface area contributed by atoms with Crippen LogP contribution in [0.3, 0.4) is 0 Å². The third-order valence-electron chi connectivity index (χ3n) is 1.78. The first-order valence-corrected chi connectivity index (χ1v) is 4.04. The van der Waals surface area contributed by atoms with Crippen molar-refractivity contribution in [3.8, 4) is 6.07 Å². The molecule has 0 saturated heterocycles. The molecule has 0 aromatic rings. The molecule has 1 nitrogen and oxygen atoms in total. The Bertz CT molecular complexity index is 122. The Hall–Kier alpha value is -0.510. The molecular formula is C9H17N. The number of nitrogens with zero attached hydrogens (tertiary/aromatic N) is 1. The Balaban J connectivity index is 0.000000371. The van der Waals surface area contributed by atoms with E-state index in [2.05, 4.69) is 19.9 Å². The largest absolute Gasteiger partial charge is 0.198 e. The van der Waals surface area contributed by atoms with Crippen LogP contribution in [-0.4, -0.2) is 0 Å². The standard InChI is InChI=1S/C7H11N.C2H6/c1-7(2)3-6(4-7)5-8;1-2/h6H,3-4H2,1-2H3;1-2H3. The van der Waals surface area contributed by atoms with Crippen LogP contribution in [0.15, 0.2) is 0 Å². The van der Waals surface area contributed by atoms with Crippen molar-refractivity contribution < 1.29 is 0 Å². The zero-order valence-corrected chi connectivity index (χ0v) is 7.44. The zero-order valence-electron chi connectivity index (χ0n) is 7.44. The molecule has 0 radical (unpaired) electrons. The van der Waals surface area contributed by atoms with Crippen molar-refractivity contribution in [2.45, 2.75) is 40.5 Å². The summed E-state index contributed by atoms with van der Waals surface area (Å²) in [5.41, 5.74) is 0.473. The Morgan fingerprint density at radius 3 is 1.80 bits per heavy atom.